The molecule has 0 bridgehead atoms. The number of carbonyl (C=O) groups is 1. The molecule has 1 aromatic carbocycles. The maximum atomic E-state index is 11.4. The van der Waals surface area contributed by atoms with Crippen LogP contribution in [0.1, 0.15) is 29.9 Å². The van der Waals surface area contributed by atoms with Gasteiger partial charge in [0.05, 0.1) is 12.7 Å². The number of ether oxygens (including phenoxy) is 1. The van der Waals surface area contributed by atoms with Gasteiger partial charge in [0, 0.05) is 23.5 Å². The van der Waals surface area contributed by atoms with E-state index in [1.807, 2.05) is 13.0 Å². The summed E-state index contributed by atoms with van der Waals surface area (Å²) >= 11 is 0. The van der Waals surface area contributed by atoms with Gasteiger partial charge in [-0.25, -0.2) is 9.78 Å². The molecule has 0 saturated heterocycles. The molecule has 2 N–H and O–H groups in total. The maximum Gasteiger partial charge on any atom is 0.337 e. The molecular weight excluding hydrogens is 280 g/mol. The number of aromatic nitrogens is 2. The van der Waals surface area contributed by atoms with Gasteiger partial charge >= 0.3 is 5.97 Å². The van der Waals surface area contributed by atoms with Crippen molar-refractivity contribution >= 4 is 23.4 Å². The van der Waals surface area contributed by atoms with Crippen molar-refractivity contribution in [1.82, 2.24) is 9.97 Å². The van der Waals surface area contributed by atoms with Crippen LogP contribution < -0.4 is 10.6 Å². The van der Waals surface area contributed by atoms with Gasteiger partial charge in [0.15, 0.2) is 0 Å². The summed E-state index contributed by atoms with van der Waals surface area (Å²) < 4.78 is 4.67. The summed E-state index contributed by atoms with van der Waals surface area (Å²) in [6.07, 6.45) is 0. The average molecular weight is 300 g/mol. The molecular formula is C16H20N4O2. The van der Waals surface area contributed by atoms with E-state index in [2.05, 4.69) is 39.2 Å². The van der Waals surface area contributed by atoms with Crippen molar-refractivity contribution in [3.63, 3.8) is 0 Å². The number of nitrogens with zero attached hydrogens (tertiary/aromatic N) is 2. The number of benzene rings is 1. The van der Waals surface area contributed by atoms with Gasteiger partial charge < -0.3 is 15.4 Å². The summed E-state index contributed by atoms with van der Waals surface area (Å²) in [5.74, 6) is 0.923. The second-order valence-electron chi connectivity index (χ2n) is 5.21. The molecule has 0 unspecified atom stereocenters. The Kier molecular flexibility index (Phi) is 4.93. The number of aryl methyl sites for hydroxylation is 1. The molecule has 6 nitrogen and oxygen atoms in total. The third kappa shape index (κ3) is 4.18. The van der Waals surface area contributed by atoms with E-state index in [4.69, 9.17) is 0 Å². The highest BCUT2D eigenvalue weighted by Crippen LogP contribution is 2.17. The van der Waals surface area contributed by atoms with Gasteiger partial charge in [-0.15, -0.1) is 0 Å². The van der Waals surface area contributed by atoms with Crippen LogP contribution in [0, 0.1) is 6.92 Å². The molecule has 0 aliphatic heterocycles. The number of rotatable bonds is 5. The van der Waals surface area contributed by atoms with Crippen LogP contribution in [0.25, 0.3) is 0 Å². The lowest BCUT2D eigenvalue weighted by Crippen LogP contribution is -2.12. The van der Waals surface area contributed by atoms with Gasteiger partial charge in [-0.05, 0) is 45.0 Å². The lowest BCUT2D eigenvalue weighted by molar-refractivity contribution is 0.0601. The van der Waals surface area contributed by atoms with Crippen molar-refractivity contribution in [3.05, 3.63) is 41.6 Å². The fraction of sp³-hybridized carbons (Fsp3) is 0.312. The molecule has 0 atom stereocenters. The number of esters is 1. The number of methoxy groups -OCH3 is 1. The van der Waals surface area contributed by atoms with Crippen LogP contribution in [0.3, 0.4) is 0 Å². The van der Waals surface area contributed by atoms with Crippen LogP contribution in [0.5, 0.6) is 0 Å². The molecule has 2 rings (SSSR count). The predicted molar refractivity (Wildman–Crippen MR) is 86.6 cm³/mol. The normalized spacial score (nSPS) is 10.4. The van der Waals surface area contributed by atoms with Gasteiger partial charge in [-0.2, -0.15) is 4.98 Å². The van der Waals surface area contributed by atoms with Crippen molar-refractivity contribution in [2.45, 2.75) is 26.8 Å². The third-order valence-corrected chi connectivity index (χ3v) is 2.85. The minimum absolute atomic E-state index is 0.293. The van der Waals surface area contributed by atoms with Gasteiger partial charge in [-0.1, -0.05) is 0 Å². The monoisotopic (exact) mass is 300 g/mol. The molecule has 6 heteroatoms. The van der Waals surface area contributed by atoms with Crippen LogP contribution in [0.2, 0.25) is 0 Å². The Morgan fingerprint density at radius 1 is 1.18 bits per heavy atom. The third-order valence-electron chi connectivity index (χ3n) is 2.85. The van der Waals surface area contributed by atoms with E-state index in [1.54, 1.807) is 24.3 Å². The van der Waals surface area contributed by atoms with E-state index in [-0.39, 0.29) is 5.97 Å². The molecule has 0 spiro atoms. The van der Waals surface area contributed by atoms with Crippen LogP contribution in [0.4, 0.5) is 17.5 Å². The standard InChI is InChI=1S/C16H20N4O2/c1-10(2)17-14-9-11(3)18-16(20-14)19-13-7-5-12(6-8-13)15(21)22-4/h5-10H,1-4H3,(H2,17,18,19,20). The minimum atomic E-state index is -0.359. The van der Waals surface area contributed by atoms with Crippen LogP contribution in [-0.4, -0.2) is 29.1 Å². The summed E-state index contributed by atoms with van der Waals surface area (Å²) in [5.41, 5.74) is 2.17. The molecule has 0 amide bonds. The Hall–Kier alpha value is -2.63. The maximum absolute atomic E-state index is 11.4. The van der Waals surface area contributed by atoms with Gasteiger partial charge in [-0.3, -0.25) is 0 Å². The van der Waals surface area contributed by atoms with Crippen LogP contribution in [0.15, 0.2) is 30.3 Å². The van der Waals surface area contributed by atoms with Crippen LogP contribution in [-0.2, 0) is 4.74 Å². The molecule has 1 aromatic heterocycles. The second kappa shape index (κ2) is 6.89. The molecule has 0 radical (unpaired) electrons. The molecule has 0 aliphatic carbocycles. The minimum Gasteiger partial charge on any atom is -0.465 e. The van der Waals surface area contributed by atoms with Gasteiger partial charge in [0.1, 0.15) is 5.82 Å². The summed E-state index contributed by atoms with van der Waals surface area (Å²) in [7, 11) is 1.36. The highest BCUT2D eigenvalue weighted by atomic mass is 16.5. The Bertz CT molecular complexity index is 654. The van der Waals surface area contributed by atoms with E-state index < -0.39 is 0 Å². The van der Waals surface area contributed by atoms with Crippen molar-refractivity contribution in [1.29, 1.82) is 0 Å². The Labute approximate surface area is 129 Å². The van der Waals surface area contributed by atoms with Crippen molar-refractivity contribution in [2.24, 2.45) is 0 Å². The largest absolute Gasteiger partial charge is 0.465 e. The lowest BCUT2D eigenvalue weighted by atomic mass is 10.2. The smallest absolute Gasteiger partial charge is 0.337 e. The summed E-state index contributed by atoms with van der Waals surface area (Å²) in [6, 6.07) is 9.14. The first-order valence-electron chi connectivity index (χ1n) is 7.05. The fourth-order valence-electron chi connectivity index (χ4n) is 1.93. The number of nitrogens with one attached hydrogen (secondary N) is 2. The average Bonchev–Trinajstić information content (AvgIpc) is 2.46. The zero-order chi connectivity index (χ0) is 16.1. The highest BCUT2D eigenvalue weighted by Gasteiger charge is 2.06. The van der Waals surface area contributed by atoms with E-state index in [1.165, 1.54) is 7.11 Å². The van der Waals surface area contributed by atoms with E-state index >= 15 is 0 Å². The fourth-order valence-corrected chi connectivity index (χ4v) is 1.93. The zero-order valence-electron chi connectivity index (χ0n) is 13.2. The molecule has 2 aromatic rings. The summed E-state index contributed by atoms with van der Waals surface area (Å²) in [4.78, 5) is 20.2. The number of carbonyl (C=O) groups excluding carboxylic acids is 1. The molecule has 0 aliphatic rings. The Morgan fingerprint density at radius 2 is 1.86 bits per heavy atom. The van der Waals surface area contributed by atoms with E-state index in [0.717, 1.165) is 17.2 Å². The van der Waals surface area contributed by atoms with E-state index in [9.17, 15) is 4.79 Å². The highest BCUT2D eigenvalue weighted by molar-refractivity contribution is 5.89. The molecule has 1 heterocycles. The number of anilines is 3. The Balaban J connectivity index is 2.16. The Morgan fingerprint density at radius 3 is 2.45 bits per heavy atom. The summed E-state index contributed by atoms with van der Waals surface area (Å²) in [5, 5.41) is 6.38. The first kappa shape index (κ1) is 15.8. The zero-order valence-corrected chi connectivity index (χ0v) is 13.2. The van der Waals surface area contributed by atoms with E-state index in [0.29, 0.717) is 17.6 Å². The van der Waals surface area contributed by atoms with Crippen LogP contribution >= 0.6 is 0 Å². The molecule has 0 fully saturated rings. The quantitative estimate of drug-likeness (QED) is 0.826. The molecule has 116 valence electrons. The first-order valence-corrected chi connectivity index (χ1v) is 7.05. The van der Waals surface area contributed by atoms with Crippen molar-refractivity contribution in [2.75, 3.05) is 17.7 Å². The van der Waals surface area contributed by atoms with Crippen molar-refractivity contribution < 1.29 is 9.53 Å². The lowest BCUT2D eigenvalue weighted by Gasteiger charge is -2.12. The predicted octanol–water partition coefficient (Wildman–Crippen LogP) is 3.14. The SMILES string of the molecule is COC(=O)c1ccc(Nc2nc(C)cc(NC(C)C)n2)cc1. The molecule has 0 saturated carbocycles. The van der Waals surface area contributed by atoms with Gasteiger partial charge in [0.2, 0.25) is 5.95 Å². The molecule has 22 heavy (non-hydrogen) atoms. The number of hydrogen-bond donors (Lipinski definition) is 2. The topological polar surface area (TPSA) is 76.1 Å². The van der Waals surface area contributed by atoms with Gasteiger partial charge in [0.25, 0.3) is 0 Å². The number of hydrogen-bond acceptors (Lipinski definition) is 6. The summed E-state index contributed by atoms with van der Waals surface area (Å²) in [6.45, 7) is 6.02. The first-order chi connectivity index (χ1) is 10.5. The van der Waals surface area contributed by atoms with Crippen molar-refractivity contribution in [3.8, 4) is 0 Å². The second-order valence-corrected chi connectivity index (χ2v) is 5.21.